The summed E-state index contributed by atoms with van der Waals surface area (Å²) < 4.78 is 0. The average molecular weight is 307 g/mol. The fourth-order valence-electron chi connectivity index (χ4n) is 2.30. The molecule has 5 heteroatoms. The minimum absolute atomic E-state index is 0.0182. The molecule has 1 saturated heterocycles. The third kappa shape index (κ3) is 4.60. The summed E-state index contributed by atoms with van der Waals surface area (Å²) in [6, 6.07) is 7.32. The normalized spacial score (nSPS) is 16.1. The van der Waals surface area contributed by atoms with E-state index >= 15 is 0 Å². The number of benzene rings is 1. The van der Waals surface area contributed by atoms with Gasteiger partial charge < -0.3 is 9.80 Å². The van der Waals surface area contributed by atoms with Gasteiger partial charge in [0, 0.05) is 44.2 Å². The zero-order valence-electron chi connectivity index (χ0n) is 12.1. The van der Waals surface area contributed by atoms with Gasteiger partial charge in [0.1, 0.15) is 0 Å². The van der Waals surface area contributed by atoms with Gasteiger partial charge in [0.15, 0.2) is 0 Å². The van der Waals surface area contributed by atoms with Gasteiger partial charge in [-0.3, -0.25) is 9.59 Å². The molecule has 21 heavy (non-hydrogen) atoms. The summed E-state index contributed by atoms with van der Waals surface area (Å²) in [5, 5.41) is 0.676. The van der Waals surface area contributed by atoms with Gasteiger partial charge in [-0.15, -0.1) is 0 Å². The molecule has 1 aromatic carbocycles. The van der Waals surface area contributed by atoms with Gasteiger partial charge in [0.25, 0.3) is 0 Å². The Balaban J connectivity index is 1.93. The van der Waals surface area contributed by atoms with Crippen molar-refractivity contribution in [3.05, 3.63) is 40.9 Å². The fraction of sp³-hybridized carbons (Fsp3) is 0.375. The van der Waals surface area contributed by atoms with Crippen molar-refractivity contribution in [3.8, 4) is 0 Å². The second-order valence-electron chi connectivity index (χ2n) is 5.07. The maximum atomic E-state index is 12.2. The maximum absolute atomic E-state index is 12.2. The highest BCUT2D eigenvalue weighted by molar-refractivity contribution is 6.30. The minimum Gasteiger partial charge on any atom is -0.341 e. The van der Waals surface area contributed by atoms with E-state index in [4.69, 9.17) is 11.6 Å². The van der Waals surface area contributed by atoms with E-state index in [2.05, 4.69) is 0 Å². The van der Waals surface area contributed by atoms with Gasteiger partial charge in [0.2, 0.25) is 11.8 Å². The zero-order chi connectivity index (χ0) is 15.2. The number of hydrogen-bond donors (Lipinski definition) is 0. The van der Waals surface area contributed by atoms with E-state index in [0.29, 0.717) is 24.7 Å². The second-order valence-corrected chi connectivity index (χ2v) is 5.51. The average Bonchev–Trinajstić information content (AvgIpc) is 2.72. The molecule has 0 N–H and O–H groups in total. The van der Waals surface area contributed by atoms with Gasteiger partial charge in [-0.05, 0) is 30.2 Å². The first-order chi connectivity index (χ1) is 10.1. The molecule has 112 valence electrons. The van der Waals surface area contributed by atoms with Crippen LogP contribution >= 0.6 is 11.6 Å². The van der Waals surface area contributed by atoms with Crippen LogP contribution in [-0.2, 0) is 9.59 Å². The molecule has 4 nitrogen and oxygen atoms in total. The van der Waals surface area contributed by atoms with Crippen molar-refractivity contribution < 1.29 is 9.59 Å². The van der Waals surface area contributed by atoms with Crippen molar-refractivity contribution in [2.75, 3.05) is 26.2 Å². The highest BCUT2D eigenvalue weighted by Crippen LogP contribution is 2.11. The van der Waals surface area contributed by atoms with Crippen LogP contribution < -0.4 is 0 Å². The molecule has 0 radical (unpaired) electrons. The third-order valence-electron chi connectivity index (χ3n) is 3.54. The Bertz CT molecular complexity index is 540. The number of rotatable bonds is 2. The first-order valence-electron chi connectivity index (χ1n) is 7.04. The van der Waals surface area contributed by atoms with Crippen LogP contribution in [0.25, 0.3) is 6.08 Å². The van der Waals surface area contributed by atoms with E-state index in [9.17, 15) is 9.59 Å². The molecule has 2 rings (SSSR count). The number of halogens is 1. The summed E-state index contributed by atoms with van der Waals surface area (Å²) in [6.07, 6.45) is 4.18. The molecular weight excluding hydrogens is 288 g/mol. The summed E-state index contributed by atoms with van der Waals surface area (Å²) in [7, 11) is 0. The molecule has 1 aromatic rings. The van der Waals surface area contributed by atoms with Crippen molar-refractivity contribution in [2.24, 2.45) is 0 Å². The predicted molar refractivity (Wildman–Crippen MR) is 83.9 cm³/mol. The quantitative estimate of drug-likeness (QED) is 0.787. The predicted octanol–water partition coefficient (Wildman–Crippen LogP) is 2.43. The number of nitrogens with zero attached hydrogens (tertiary/aromatic N) is 2. The summed E-state index contributed by atoms with van der Waals surface area (Å²) in [5.74, 6) is 0.0522. The summed E-state index contributed by atoms with van der Waals surface area (Å²) in [5.41, 5.74) is 0.938. The molecule has 1 aliphatic rings. The van der Waals surface area contributed by atoms with Crippen LogP contribution in [0.3, 0.4) is 0 Å². The molecular formula is C16H19ClN2O2. The van der Waals surface area contributed by atoms with Crippen LogP contribution in [0.4, 0.5) is 0 Å². The van der Waals surface area contributed by atoms with E-state index in [0.717, 1.165) is 18.5 Å². The summed E-state index contributed by atoms with van der Waals surface area (Å²) in [4.78, 5) is 27.1. The standard InChI is InChI=1S/C16H19ClN2O2/c1-13(20)18-9-2-10-19(12-11-18)16(21)8-5-14-3-6-15(17)7-4-14/h3-8H,2,9-12H2,1H3/b8-5+. The summed E-state index contributed by atoms with van der Waals surface area (Å²) >= 11 is 5.82. The van der Waals surface area contributed by atoms with Gasteiger partial charge in [-0.2, -0.15) is 0 Å². The highest BCUT2D eigenvalue weighted by Gasteiger charge is 2.18. The molecule has 1 heterocycles. The zero-order valence-corrected chi connectivity index (χ0v) is 12.8. The molecule has 0 aliphatic carbocycles. The van der Waals surface area contributed by atoms with E-state index in [1.807, 2.05) is 12.1 Å². The van der Waals surface area contributed by atoms with Gasteiger partial charge in [0.05, 0.1) is 0 Å². The van der Waals surface area contributed by atoms with Crippen molar-refractivity contribution in [3.63, 3.8) is 0 Å². The lowest BCUT2D eigenvalue weighted by Gasteiger charge is -2.20. The topological polar surface area (TPSA) is 40.6 Å². The molecule has 0 bridgehead atoms. The molecule has 0 spiro atoms. The van der Waals surface area contributed by atoms with Crippen molar-refractivity contribution in [1.29, 1.82) is 0 Å². The van der Waals surface area contributed by atoms with Crippen molar-refractivity contribution in [2.45, 2.75) is 13.3 Å². The maximum Gasteiger partial charge on any atom is 0.246 e. The number of carbonyl (C=O) groups excluding carboxylic acids is 2. The van der Waals surface area contributed by atoms with E-state index < -0.39 is 0 Å². The van der Waals surface area contributed by atoms with Crippen LogP contribution in [0, 0.1) is 0 Å². The van der Waals surface area contributed by atoms with Crippen molar-refractivity contribution in [1.82, 2.24) is 9.80 Å². The number of carbonyl (C=O) groups is 2. The smallest absolute Gasteiger partial charge is 0.246 e. The summed E-state index contributed by atoms with van der Waals surface area (Å²) in [6.45, 7) is 4.17. The SMILES string of the molecule is CC(=O)N1CCCN(C(=O)/C=C/c2ccc(Cl)cc2)CC1. The molecule has 1 aliphatic heterocycles. The van der Waals surface area contributed by atoms with Gasteiger partial charge >= 0.3 is 0 Å². The Morgan fingerprint density at radius 1 is 1.05 bits per heavy atom. The molecule has 2 amide bonds. The van der Waals surface area contributed by atoms with Gasteiger partial charge in [-0.1, -0.05) is 23.7 Å². The minimum atomic E-state index is -0.0182. The second kappa shape index (κ2) is 7.27. The van der Waals surface area contributed by atoms with Crippen LogP contribution in [0.15, 0.2) is 30.3 Å². The number of hydrogen-bond acceptors (Lipinski definition) is 2. The Morgan fingerprint density at radius 3 is 2.33 bits per heavy atom. The Labute approximate surface area is 130 Å². The lowest BCUT2D eigenvalue weighted by molar-refractivity contribution is -0.130. The molecule has 0 saturated carbocycles. The molecule has 0 unspecified atom stereocenters. The lowest BCUT2D eigenvalue weighted by atomic mass is 10.2. The molecule has 1 fully saturated rings. The van der Waals surface area contributed by atoms with Gasteiger partial charge in [-0.25, -0.2) is 0 Å². The Morgan fingerprint density at radius 2 is 1.67 bits per heavy atom. The Hall–Kier alpha value is -1.81. The Kier molecular flexibility index (Phi) is 5.39. The van der Waals surface area contributed by atoms with Crippen molar-refractivity contribution >= 4 is 29.5 Å². The number of amides is 2. The first kappa shape index (κ1) is 15.6. The van der Waals surface area contributed by atoms with E-state index in [1.165, 1.54) is 0 Å². The molecule has 0 atom stereocenters. The lowest BCUT2D eigenvalue weighted by Crippen LogP contribution is -2.35. The first-order valence-corrected chi connectivity index (χ1v) is 7.42. The molecule has 0 aromatic heterocycles. The largest absolute Gasteiger partial charge is 0.341 e. The fourth-order valence-corrected chi connectivity index (χ4v) is 2.43. The third-order valence-corrected chi connectivity index (χ3v) is 3.79. The van der Waals surface area contributed by atoms with Crippen LogP contribution in [0.1, 0.15) is 18.9 Å². The highest BCUT2D eigenvalue weighted by atomic mass is 35.5. The van der Waals surface area contributed by atoms with Crippen LogP contribution in [-0.4, -0.2) is 47.8 Å². The van der Waals surface area contributed by atoms with E-state index in [1.54, 1.807) is 41.0 Å². The monoisotopic (exact) mass is 306 g/mol. The van der Waals surface area contributed by atoms with E-state index in [-0.39, 0.29) is 11.8 Å². The van der Waals surface area contributed by atoms with Crippen LogP contribution in [0.5, 0.6) is 0 Å². The van der Waals surface area contributed by atoms with Crippen LogP contribution in [0.2, 0.25) is 5.02 Å².